The zero-order valence-electron chi connectivity index (χ0n) is 8.44. The molecule has 0 aromatic rings. The van der Waals surface area contributed by atoms with Gasteiger partial charge in [-0.15, -0.1) is 0 Å². The number of carbonyl (C=O) groups is 1. The van der Waals surface area contributed by atoms with Gasteiger partial charge < -0.3 is 10.4 Å². The topological polar surface area (TPSA) is 49.3 Å². The van der Waals surface area contributed by atoms with Crippen LogP contribution in [0.25, 0.3) is 0 Å². The summed E-state index contributed by atoms with van der Waals surface area (Å²) in [6.07, 6.45) is 1.22. The van der Waals surface area contributed by atoms with Crippen LogP contribution in [0, 0.1) is 5.92 Å². The van der Waals surface area contributed by atoms with Crippen molar-refractivity contribution in [3.05, 3.63) is 0 Å². The molecule has 0 radical (unpaired) electrons. The first-order valence-corrected chi connectivity index (χ1v) is 6.05. The van der Waals surface area contributed by atoms with Gasteiger partial charge in [0.05, 0.1) is 6.10 Å². The molecule has 0 fully saturated rings. The van der Waals surface area contributed by atoms with Gasteiger partial charge in [-0.3, -0.25) is 4.79 Å². The quantitative estimate of drug-likeness (QED) is 0.494. The van der Waals surface area contributed by atoms with Crippen LogP contribution in [-0.4, -0.2) is 35.2 Å². The standard InChI is InChI=1S/C9H19NO2S2/c1-7(11)5-10-9(12)8(6-14)3-2-4-13/h7-8,11,13-14H,2-6H2,1H3,(H,10,12). The largest absolute Gasteiger partial charge is 0.392 e. The Balaban J connectivity index is 3.79. The van der Waals surface area contributed by atoms with Gasteiger partial charge in [0.1, 0.15) is 0 Å². The first-order chi connectivity index (χ1) is 6.61. The summed E-state index contributed by atoms with van der Waals surface area (Å²) >= 11 is 8.21. The zero-order chi connectivity index (χ0) is 11.0. The van der Waals surface area contributed by atoms with Crippen LogP contribution in [0.3, 0.4) is 0 Å². The Morgan fingerprint density at radius 3 is 2.57 bits per heavy atom. The summed E-state index contributed by atoms with van der Waals surface area (Å²) in [5.41, 5.74) is 0. The van der Waals surface area contributed by atoms with E-state index in [1.54, 1.807) is 6.92 Å². The molecule has 2 N–H and O–H groups in total. The minimum absolute atomic E-state index is 0.0253. The molecule has 0 aliphatic heterocycles. The maximum absolute atomic E-state index is 11.5. The van der Waals surface area contributed by atoms with Crippen LogP contribution >= 0.6 is 25.3 Å². The molecule has 0 aliphatic carbocycles. The Morgan fingerprint density at radius 2 is 2.14 bits per heavy atom. The van der Waals surface area contributed by atoms with Crippen molar-refractivity contribution in [2.24, 2.45) is 5.92 Å². The van der Waals surface area contributed by atoms with Crippen molar-refractivity contribution in [2.75, 3.05) is 18.1 Å². The van der Waals surface area contributed by atoms with E-state index in [1.807, 2.05) is 0 Å². The summed E-state index contributed by atoms with van der Waals surface area (Å²) in [6.45, 7) is 1.95. The van der Waals surface area contributed by atoms with E-state index >= 15 is 0 Å². The molecule has 0 aliphatic rings. The van der Waals surface area contributed by atoms with E-state index in [9.17, 15) is 4.79 Å². The fourth-order valence-corrected chi connectivity index (χ4v) is 1.57. The van der Waals surface area contributed by atoms with Crippen LogP contribution in [0.1, 0.15) is 19.8 Å². The smallest absolute Gasteiger partial charge is 0.224 e. The van der Waals surface area contributed by atoms with E-state index in [-0.39, 0.29) is 11.8 Å². The highest BCUT2D eigenvalue weighted by Gasteiger charge is 2.15. The summed E-state index contributed by atoms with van der Waals surface area (Å²) in [5, 5.41) is 11.7. The maximum Gasteiger partial charge on any atom is 0.224 e. The molecule has 84 valence electrons. The summed E-state index contributed by atoms with van der Waals surface area (Å²) in [6, 6.07) is 0. The summed E-state index contributed by atoms with van der Waals surface area (Å²) in [5.74, 6) is 1.24. The highest BCUT2D eigenvalue weighted by molar-refractivity contribution is 7.80. The predicted octanol–water partition coefficient (Wildman–Crippen LogP) is 0.739. The van der Waals surface area contributed by atoms with Crippen molar-refractivity contribution in [3.63, 3.8) is 0 Å². The molecule has 2 unspecified atom stereocenters. The number of nitrogens with one attached hydrogen (secondary N) is 1. The Labute approximate surface area is 96.5 Å². The second-order valence-electron chi connectivity index (χ2n) is 3.34. The minimum atomic E-state index is -0.496. The average molecular weight is 237 g/mol. The number of thiol groups is 2. The first-order valence-electron chi connectivity index (χ1n) is 4.79. The average Bonchev–Trinajstić information content (AvgIpc) is 2.16. The van der Waals surface area contributed by atoms with Crippen molar-refractivity contribution in [1.29, 1.82) is 0 Å². The molecular weight excluding hydrogens is 218 g/mol. The third kappa shape index (κ3) is 6.56. The van der Waals surface area contributed by atoms with Crippen LogP contribution in [0.4, 0.5) is 0 Å². The normalized spacial score (nSPS) is 14.9. The van der Waals surface area contributed by atoms with E-state index in [4.69, 9.17) is 5.11 Å². The summed E-state index contributed by atoms with van der Waals surface area (Å²) in [7, 11) is 0. The first kappa shape index (κ1) is 14.1. The van der Waals surface area contributed by atoms with Gasteiger partial charge in [-0.1, -0.05) is 0 Å². The van der Waals surface area contributed by atoms with E-state index in [1.165, 1.54) is 0 Å². The van der Waals surface area contributed by atoms with Crippen molar-refractivity contribution in [1.82, 2.24) is 5.32 Å². The van der Waals surface area contributed by atoms with Crippen LogP contribution < -0.4 is 5.32 Å². The van der Waals surface area contributed by atoms with E-state index in [2.05, 4.69) is 30.6 Å². The number of rotatable bonds is 7. The Morgan fingerprint density at radius 1 is 1.50 bits per heavy atom. The van der Waals surface area contributed by atoms with Gasteiger partial charge in [-0.05, 0) is 25.5 Å². The van der Waals surface area contributed by atoms with Crippen molar-refractivity contribution in [2.45, 2.75) is 25.9 Å². The Hall–Kier alpha value is 0.130. The molecule has 5 heteroatoms. The fraction of sp³-hybridized carbons (Fsp3) is 0.889. The highest BCUT2D eigenvalue weighted by atomic mass is 32.1. The van der Waals surface area contributed by atoms with Gasteiger partial charge in [-0.25, -0.2) is 0 Å². The zero-order valence-corrected chi connectivity index (χ0v) is 10.2. The number of hydrogen-bond acceptors (Lipinski definition) is 4. The molecule has 0 heterocycles. The van der Waals surface area contributed by atoms with Gasteiger partial charge in [0.15, 0.2) is 0 Å². The van der Waals surface area contributed by atoms with Crippen LogP contribution in [-0.2, 0) is 4.79 Å². The molecule has 0 saturated carbocycles. The minimum Gasteiger partial charge on any atom is -0.392 e. The highest BCUT2D eigenvalue weighted by Crippen LogP contribution is 2.09. The van der Waals surface area contributed by atoms with E-state index in [0.717, 1.165) is 18.6 Å². The predicted molar refractivity (Wildman–Crippen MR) is 65.1 cm³/mol. The second kappa shape index (κ2) is 8.44. The lowest BCUT2D eigenvalue weighted by molar-refractivity contribution is -0.124. The van der Waals surface area contributed by atoms with Gasteiger partial charge in [0.2, 0.25) is 5.91 Å². The Bertz CT molecular complexity index is 165. The maximum atomic E-state index is 11.5. The lowest BCUT2D eigenvalue weighted by Crippen LogP contribution is -2.36. The molecule has 0 spiro atoms. The SMILES string of the molecule is CC(O)CNC(=O)C(CS)CCCS. The number of aliphatic hydroxyl groups excluding tert-OH is 1. The Kier molecular flexibility index (Phi) is 8.52. The molecule has 14 heavy (non-hydrogen) atoms. The summed E-state index contributed by atoms with van der Waals surface area (Å²) < 4.78 is 0. The third-order valence-electron chi connectivity index (χ3n) is 1.87. The molecule has 3 nitrogen and oxygen atoms in total. The number of amides is 1. The molecule has 0 bridgehead atoms. The molecule has 0 rings (SSSR count). The number of hydrogen-bond donors (Lipinski definition) is 4. The van der Waals surface area contributed by atoms with Gasteiger partial charge in [-0.2, -0.15) is 25.3 Å². The molecule has 2 atom stereocenters. The molecule has 0 aromatic heterocycles. The molecule has 0 aromatic carbocycles. The number of aliphatic hydroxyl groups is 1. The second-order valence-corrected chi connectivity index (χ2v) is 4.15. The van der Waals surface area contributed by atoms with Crippen LogP contribution in [0.15, 0.2) is 0 Å². The lowest BCUT2D eigenvalue weighted by Gasteiger charge is -2.14. The summed E-state index contributed by atoms with van der Waals surface area (Å²) in [4.78, 5) is 11.5. The fourth-order valence-electron chi connectivity index (χ4n) is 1.04. The van der Waals surface area contributed by atoms with Gasteiger partial charge in [0, 0.05) is 18.2 Å². The number of carbonyl (C=O) groups excluding carboxylic acids is 1. The van der Waals surface area contributed by atoms with Crippen molar-refractivity contribution in [3.8, 4) is 0 Å². The van der Waals surface area contributed by atoms with E-state index in [0.29, 0.717) is 12.3 Å². The molecule has 1 amide bonds. The molecular formula is C9H19NO2S2. The van der Waals surface area contributed by atoms with E-state index < -0.39 is 6.10 Å². The van der Waals surface area contributed by atoms with Crippen molar-refractivity contribution >= 4 is 31.2 Å². The lowest BCUT2D eigenvalue weighted by atomic mass is 10.1. The van der Waals surface area contributed by atoms with Crippen molar-refractivity contribution < 1.29 is 9.90 Å². The van der Waals surface area contributed by atoms with Gasteiger partial charge in [0.25, 0.3) is 0 Å². The van der Waals surface area contributed by atoms with Crippen LogP contribution in [0.5, 0.6) is 0 Å². The van der Waals surface area contributed by atoms with Crippen LogP contribution in [0.2, 0.25) is 0 Å². The monoisotopic (exact) mass is 237 g/mol. The van der Waals surface area contributed by atoms with Gasteiger partial charge >= 0.3 is 0 Å². The molecule has 0 saturated heterocycles. The third-order valence-corrected chi connectivity index (χ3v) is 2.63.